The largest absolute Gasteiger partial charge is 0.468 e. The molecule has 0 bridgehead atoms. The maximum absolute atomic E-state index is 11.7. The summed E-state index contributed by atoms with van der Waals surface area (Å²) in [6, 6.07) is 19.2. The van der Waals surface area contributed by atoms with E-state index in [0.29, 0.717) is 5.02 Å². The normalized spacial score (nSPS) is 10.5. The Morgan fingerprint density at radius 3 is 2.52 bits per heavy atom. The summed E-state index contributed by atoms with van der Waals surface area (Å²) in [5.41, 5.74) is 3.50. The first-order valence-corrected chi connectivity index (χ1v) is 7.51. The number of halogens is 1. The average molecular weight is 327 g/mol. The summed E-state index contributed by atoms with van der Waals surface area (Å²) in [5.74, 6) is -0.345. The molecule has 116 valence electrons. The van der Waals surface area contributed by atoms with Crippen LogP contribution < -0.4 is 0 Å². The van der Waals surface area contributed by atoms with Gasteiger partial charge in [-0.25, -0.2) is 0 Å². The summed E-state index contributed by atoms with van der Waals surface area (Å²) in [6.45, 7) is 0.0568. The van der Waals surface area contributed by atoms with Gasteiger partial charge in [0, 0.05) is 10.6 Å². The van der Waals surface area contributed by atoms with Gasteiger partial charge in [-0.2, -0.15) is 5.10 Å². The highest BCUT2D eigenvalue weighted by atomic mass is 35.5. The van der Waals surface area contributed by atoms with E-state index in [-0.39, 0.29) is 12.5 Å². The Hall–Kier alpha value is -2.59. The first-order valence-electron chi connectivity index (χ1n) is 7.13. The Morgan fingerprint density at radius 1 is 1.09 bits per heavy atom. The summed E-state index contributed by atoms with van der Waals surface area (Å²) in [6.07, 6.45) is 0. The smallest absolute Gasteiger partial charge is 0.327 e. The number of rotatable bonds is 4. The maximum Gasteiger partial charge on any atom is 0.327 e. The van der Waals surface area contributed by atoms with E-state index >= 15 is 0 Å². The summed E-state index contributed by atoms with van der Waals surface area (Å²) in [4.78, 5) is 11.7. The highest BCUT2D eigenvalue weighted by molar-refractivity contribution is 6.30. The standard InChI is InChI=1S/C18H15ClN2O2/c1-23-18(22)12-21-17(13-6-3-2-4-7-13)11-16(20-21)14-8-5-9-15(19)10-14/h2-11H,12H2,1H3. The highest BCUT2D eigenvalue weighted by Gasteiger charge is 2.14. The molecule has 0 fully saturated rings. The third-order valence-electron chi connectivity index (χ3n) is 3.48. The number of hydrogen-bond donors (Lipinski definition) is 0. The van der Waals surface area contributed by atoms with Gasteiger partial charge >= 0.3 is 5.97 Å². The summed E-state index contributed by atoms with van der Waals surface area (Å²) in [5, 5.41) is 5.19. The van der Waals surface area contributed by atoms with Crippen molar-refractivity contribution in [1.29, 1.82) is 0 Å². The summed E-state index contributed by atoms with van der Waals surface area (Å²) in [7, 11) is 1.37. The minimum atomic E-state index is -0.345. The molecular formula is C18H15ClN2O2. The fraction of sp³-hybridized carbons (Fsp3) is 0.111. The minimum absolute atomic E-state index is 0.0568. The van der Waals surface area contributed by atoms with E-state index in [1.807, 2.05) is 60.7 Å². The van der Waals surface area contributed by atoms with Gasteiger partial charge < -0.3 is 4.74 Å². The molecule has 3 aromatic rings. The second-order valence-corrected chi connectivity index (χ2v) is 5.46. The predicted octanol–water partition coefficient (Wildman–Crippen LogP) is 4.04. The molecule has 0 amide bonds. The second-order valence-electron chi connectivity index (χ2n) is 5.02. The van der Waals surface area contributed by atoms with Gasteiger partial charge in [-0.05, 0) is 23.8 Å². The molecule has 0 radical (unpaired) electrons. The molecule has 0 saturated carbocycles. The molecule has 0 atom stereocenters. The number of carbonyl (C=O) groups is 1. The molecular weight excluding hydrogens is 312 g/mol. The van der Waals surface area contributed by atoms with E-state index in [4.69, 9.17) is 16.3 Å². The molecule has 2 aromatic carbocycles. The Labute approximate surface area is 139 Å². The van der Waals surface area contributed by atoms with Crippen molar-refractivity contribution in [3.05, 3.63) is 65.7 Å². The highest BCUT2D eigenvalue weighted by Crippen LogP contribution is 2.27. The van der Waals surface area contributed by atoms with Crippen molar-refractivity contribution in [1.82, 2.24) is 9.78 Å². The second kappa shape index (κ2) is 6.67. The molecule has 0 aliphatic heterocycles. The van der Waals surface area contributed by atoms with Crippen molar-refractivity contribution < 1.29 is 9.53 Å². The van der Waals surface area contributed by atoms with Crippen LogP contribution in [0.5, 0.6) is 0 Å². The number of nitrogens with zero attached hydrogens (tertiary/aromatic N) is 2. The lowest BCUT2D eigenvalue weighted by molar-refractivity contribution is -0.141. The van der Waals surface area contributed by atoms with Crippen LogP contribution in [0.1, 0.15) is 0 Å². The lowest BCUT2D eigenvalue weighted by Crippen LogP contribution is -2.13. The van der Waals surface area contributed by atoms with Gasteiger partial charge in [0.2, 0.25) is 0 Å². The predicted molar refractivity (Wildman–Crippen MR) is 90.1 cm³/mol. The summed E-state index contributed by atoms with van der Waals surface area (Å²) < 4.78 is 6.41. The van der Waals surface area contributed by atoms with E-state index in [9.17, 15) is 4.79 Å². The van der Waals surface area contributed by atoms with Gasteiger partial charge in [0.1, 0.15) is 6.54 Å². The van der Waals surface area contributed by atoms with Crippen molar-refractivity contribution in [2.24, 2.45) is 0 Å². The molecule has 5 heteroatoms. The van der Waals surface area contributed by atoms with E-state index in [0.717, 1.165) is 22.5 Å². The van der Waals surface area contributed by atoms with E-state index in [1.54, 1.807) is 4.68 Å². The van der Waals surface area contributed by atoms with Crippen LogP contribution >= 0.6 is 11.6 Å². The molecule has 3 rings (SSSR count). The van der Waals surface area contributed by atoms with Crippen molar-refractivity contribution in [2.45, 2.75) is 6.54 Å². The lowest BCUT2D eigenvalue weighted by Gasteiger charge is -2.05. The topological polar surface area (TPSA) is 44.1 Å². The number of ether oxygens (including phenoxy) is 1. The van der Waals surface area contributed by atoms with Crippen LogP contribution in [-0.2, 0) is 16.1 Å². The third-order valence-corrected chi connectivity index (χ3v) is 3.71. The molecule has 23 heavy (non-hydrogen) atoms. The molecule has 1 heterocycles. The number of benzene rings is 2. The Balaban J connectivity index is 2.08. The zero-order valence-corrected chi connectivity index (χ0v) is 13.3. The molecule has 0 spiro atoms. The Morgan fingerprint density at radius 2 is 1.83 bits per heavy atom. The maximum atomic E-state index is 11.7. The van der Waals surface area contributed by atoms with E-state index in [1.165, 1.54) is 7.11 Å². The number of carbonyl (C=O) groups excluding carboxylic acids is 1. The number of esters is 1. The zero-order valence-electron chi connectivity index (χ0n) is 12.6. The van der Waals surface area contributed by atoms with Gasteiger partial charge in [-0.15, -0.1) is 0 Å². The fourth-order valence-electron chi connectivity index (χ4n) is 2.35. The van der Waals surface area contributed by atoms with Gasteiger partial charge in [-0.1, -0.05) is 54.1 Å². The molecule has 0 unspecified atom stereocenters. The lowest BCUT2D eigenvalue weighted by atomic mass is 10.1. The monoisotopic (exact) mass is 326 g/mol. The quantitative estimate of drug-likeness (QED) is 0.679. The number of hydrogen-bond acceptors (Lipinski definition) is 3. The minimum Gasteiger partial charge on any atom is -0.468 e. The zero-order chi connectivity index (χ0) is 16.2. The van der Waals surface area contributed by atoms with E-state index < -0.39 is 0 Å². The van der Waals surface area contributed by atoms with Crippen molar-refractivity contribution in [3.8, 4) is 22.5 Å². The van der Waals surface area contributed by atoms with Crippen LogP contribution in [0.4, 0.5) is 0 Å². The van der Waals surface area contributed by atoms with Crippen LogP contribution in [0.2, 0.25) is 5.02 Å². The molecule has 0 aliphatic rings. The molecule has 0 saturated heterocycles. The van der Waals surface area contributed by atoms with Crippen molar-refractivity contribution in [2.75, 3.05) is 7.11 Å². The van der Waals surface area contributed by atoms with E-state index in [2.05, 4.69) is 5.10 Å². The molecule has 1 aromatic heterocycles. The van der Waals surface area contributed by atoms with Gasteiger partial charge in [0.05, 0.1) is 18.5 Å². The van der Waals surface area contributed by atoms with Crippen molar-refractivity contribution in [3.63, 3.8) is 0 Å². The molecule has 0 aliphatic carbocycles. The first kappa shape index (κ1) is 15.3. The fourth-order valence-corrected chi connectivity index (χ4v) is 2.54. The molecule has 0 N–H and O–H groups in total. The van der Waals surface area contributed by atoms with Crippen LogP contribution in [0.25, 0.3) is 22.5 Å². The number of aromatic nitrogens is 2. The van der Waals surface area contributed by atoms with Gasteiger partial charge in [-0.3, -0.25) is 9.48 Å². The van der Waals surface area contributed by atoms with Crippen LogP contribution in [-0.4, -0.2) is 22.9 Å². The van der Waals surface area contributed by atoms with Gasteiger partial charge in [0.25, 0.3) is 0 Å². The number of methoxy groups -OCH3 is 1. The van der Waals surface area contributed by atoms with Crippen LogP contribution in [0.3, 0.4) is 0 Å². The summed E-state index contributed by atoms with van der Waals surface area (Å²) >= 11 is 6.06. The Bertz CT molecular complexity index is 828. The average Bonchev–Trinajstić information content (AvgIpc) is 2.99. The van der Waals surface area contributed by atoms with Crippen LogP contribution in [0, 0.1) is 0 Å². The Kier molecular flexibility index (Phi) is 4.44. The SMILES string of the molecule is COC(=O)Cn1nc(-c2cccc(Cl)c2)cc1-c1ccccc1. The van der Waals surface area contributed by atoms with Gasteiger partial charge in [0.15, 0.2) is 0 Å². The first-order chi connectivity index (χ1) is 11.2. The molecule has 4 nitrogen and oxygen atoms in total. The van der Waals surface area contributed by atoms with Crippen molar-refractivity contribution >= 4 is 17.6 Å². The van der Waals surface area contributed by atoms with Crippen LogP contribution in [0.15, 0.2) is 60.7 Å². The third kappa shape index (κ3) is 3.43.